The minimum Gasteiger partial charge on any atom is -0.462 e. The van der Waals surface area contributed by atoms with Crippen molar-refractivity contribution in [3.8, 4) is 0 Å². The zero-order chi connectivity index (χ0) is 18.6. The highest BCUT2D eigenvalue weighted by molar-refractivity contribution is 6.42. The Labute approximate surface area is 157 Å². The second-order valence-corrected chi connectivity index (χ2v) is 6.84. The molecule has 0 aromatic heterocycles. The number of urea groups is 1. The van der Waals surface area contributed by atoms with Gasteiger partial charge < -0.3 is 15.4 Å². The first kappa shape index (κ1) is 19.6. The second kappa shape index (κ2) is 8.59. The lowest BCUT2D eigenvalue weighted by atomic mass is 9.95. The number of hydrogen-bond donors (Lipinski definition) is 2. The molecule has 1 aromatic rings. The Hall–Kier alpha value is -1.72. The van der Waals surface area contributed by atoms with Gasteiger partial charge >= 0.3 is 12.0 Å². The molecule has 7 heteroatoms. The average molecular weight is 385 g/mol. The minimum absolute atomic E-state index is 0.319. The Balaban J connectivity index is 2.30. The zero-order valence-corrected chi connectivity index (χ0v) is 16.0. The number of hydrogen-bond acceptors (Lipinski definition) is 3. The summed E-state index contributed by atoms with van der Waals surface area (Å²) in [6.45, 7) is 6.16. The molecule has 1 aliphatic rings. The highest BCUT2D eigenvalue weighted by Crippen LogP contribution is 2.32. The van der Waals surface area contributed by atoms with E-state index in [2.05, 4.69) is 24.5 Å². The number of esters is 1. The summed E-state index contributed by atoms with van der Waals surface area (Å²) in [5, 5.41) is 6.13. The number of allylic oxidation sites excluding steroid dienone is 1. The molecule has 0 fully saturated rings. The smallest absolute Gasteiger partial charge is 0.338 e. The lowest BCUT2D eigenvalue weighted by molar-refractivity contribution is -0.141. The van der Waals surface area contributed by atoms with Crippen LogP contribution in [0.15, 0.2) is 29.5 Å². The van der Waals surface area contributed by atoms with E-state index >= 15 is 0 Å². The molecular weight excluding hydrogens is 363 g/mol. The third-order valence-electron chi connectivity index (χ3n) is 4.37. The monoisotopic (exact) mass is 384 g/mol. The summed E-state index contributed by atoms with van der Waals surface area (Å²) in [4.78, 5) is 24.5. The third-order valence-corrected chi connectivity index (χ3v) is 5.11. The first-order valence-corrected chi connectivity index (χ1v) is 9.03. The second-order valence-electron chi connectivity index (χ2n) is 6.02. The predicted octanol–water partition coefficient (Wildman–Crippen LogP) is 4.60. The molecule has 0 bridgehead atoms. The standard InChI is InChI=1S/C18H22Cl2N2O3/c1-4-11(5-2)9-25-17(23)15-10(3)21-18(24)22-16(15)12-6-7-13(19)14(20)8-12/h6-8,11,16H,4-5,9H2,1-3H3,(H2,21,22,24). The van der Waals surface area contributed by atoms with E-state index in [-0.39, 0.29) is 6.03 Å². The third kappa shape index (κ3) is 4.67. The molecule has 1 aromatic carbocycles. The molecular formula is C18H22Cl2N2O3. The van der Waals surface area contributed by atoms with Crippen molar-refractivity contribution < 1.29 is 14.3 Å². The van der Waals surface area contributed by atoms with E-state index in [1.807, 2.05) is 0 Å². The molecule has 0 aliphatic carbocycles. The van der Waals surface area contributed by atoms with Crippen LogP contribution in [0.5, 0.6) is 0 Å². The summed E-state index contributed by atoms with van der Waals surface area (Å²) in [5.74, 6) is -0.132. The van der Waals surface area contributed by atoms with E-state index in [0.29, 0.717) is 39.4 Å². The summed E-state index contributed by atoms with van der Waals surface area (Å²) in [7, 11) is 0. The zero-order valence-electron chi connectivity index (χ0n) is 14.5. The number of amides is 2. The van der Waals surface area contributed by atoms with Gasteiger partial charge in [0.25, 0.3) is 0 Å². The van der Waals surface area contributed by atoms with Gasteiger partial charge in [-0.3, -0.25) is 0 Å². The minimum atomic E-state index is -0.641. The van der Waals surface area contributed by atoms with Crippen molar-refractivity contribution >= 4 is 35.2 Å². The van der Waals surface area contributed by atoms with Gasteiger partial charge in [0.05, 0.1) is 28.3 Å². The van der Waals surface area contributed by atoms with E-state index in [0.717, 1.165) is 12.8 Å². The molecule has 0 saturated heterocycles. The first-order valence-electron chi connectivity index (χ1n) is 8.27. The van der Waals surface area contributed by atoms with Gasteiger partial charge in [-0.05, 0) is 30.5 Å². The Morgan fingerprint density at radius 1 is 1.24 bits per heavy atom. The van der Waals surface area contributed by atoms with Crippen molar-refractivity contribution in [2.45, 2.75) is 39.7 Å². The largest absolute Gasteiger partial charge is 0.462 e. The maximum absolute atomic E-state index is 12.7. The molecule has 2 rings (SSSR count). The van der Waals surface area contributed by atoms with Crippen molar-refractivity contribution in [1.29, 1.82) is 0 Å². The number of ether oxygens (including phenoxy) is 1. The van der Waals surface area contributed by atoms with Crippen molar-refractivity contribution in [2.24, 2.45) is 5.92 Å². The van der Waals surface area contributed by atoms with Gasteiger partial charge in [-0.1, -0.05) is 56.0 Å². The number of carbonyl (C=O) groups excluding carboxylic acids is 2. The number of halogens is 2. The molecule has 0 radical (unpaired) electrons. The van der Waals surface area contributed by atoms with Crippen LogP contribution in [0.3, 0.4) is 0 Å². The summed E-state index contributed by atoms with van der Waals surface area (Å²) >= 11 is 12.0. The fourth-order valence-electron chi connectivity index (χ4n) is 2.70. The molecule has 1 atom stereocenters. The molecule has 1 aliphatic heterocycles. The van der Waals surface area contributed by atoms with E-state index in [1.54, 1.807) is 25.1 Å². The fourth-order valence-corrected chi connectivity index (χ4v) is 3.01. The topological polar surface area (TPSA) is 67.4 Å². The molecule has 2 N–H and O–H groups in total. The van der Waals surface area contributed by atoms with Crippen LogP contribution in [0.1, 0.15) is 45.2 Å². The first-order chi connectivity index (χ1) is 11.9. The van der Waals surface area contributed by atoms with Gasteiger partial charge in [0.15, 0.2) is 0 Å². The predicted molar refractivity (Wildman–Crippen MR) is 98.6 cm³/mol. The van der Waals surface area contributed by atoms with Gasteiger partial charge in [0.2, 0.25) is 0 Å². The number of benzene rings is 1. The van der Waals surface area contributed by atoms with Crippen molar-refractivity contribution in [2.75, 3.05) is 6.61 Å². The van der Waals surface area contributed by atoms with Gasteiger partial charge in [-0.2, -0.15) is 0 Å². The van der Waals surface area contributed by atoms with Crippen LogP contribution in [-0.4, -0.2) is 18.6 Å². The molecule has 2 amide bonds. The van der Waals surface area contributed by atoms with E-state index in [4.69, 9.17) is 27.9 Å². The highest BCUT2D eigenvalue weighted by Gasteiger charge is 2.32. The lowest BCUT2D eigenvalue weighted by Gasteiger charge is -2.28. The Bertz CT molecular complexity index is 700. The van der Waals surface area contributed by atoms with Crippen LogP contribution in [0.4, 0.5) is 4.79 Å². The summed E-state index contributed by atoms with van der Waals surface area (Å²) in [6, 6.07) is 3.98. The molecule has 0 spiro atoms. The van der Waals surface area contributed by atoms with E-state index in [1.165, 1.54) is 0 Å². The quantitative estimate of drug-likeness (QED) is 0.704. The van der Waals surface area contributed by atoms with Crippen molar-refractivity contribution in [3.63, 3.8) is 0 Å². The van der Waals surface area contributed by atoms with Crippen LogP contribution >= 0.6 is 23.2 Å². The summed E-state index contributed by atoms with van der Waals surface area (Å²) in [6.07, 6.45) is 1.88. The van der Waals surface area contributed by atoms with Gasteiger partial charge in [-0.15, -0.1) is 0 Å². The SMILES string of the molecule is CCC(CC)COC(=O)C1=C(C)NC(=O)NC1c1ccc(Cl)c(Cl)c1. The van der Waals surface area contributed by atoms with E-state index < -0.39 is 12.0 Å². The van der Waals surface area contributed by atoms with Crippen LogP contribution in [0.2, 0.25) is 10.0 Å². The van der Waals surface area contributed by atoms with Crippen LogP contribution in [0, 0.1) is 5.92 Å². The van der Waals surface area contributed by atoms with Gasteiger partial charge in [0.1, 0.15) is 0 Å². The molecule has 1 unspecified atom stereocenters. The maximum Gasteiger partial charge on any atom is 0.338 e. The van der Waals surface area contributed by atoms with Crippen LogP contribution in [0.25, 0.3) is 0 Å². The Morgan fingerprint density at radius 3 is 2.52 bits per heavy atom. The van der Waals surface area contributed by atoms with Crippen LogP contribution in [-0.2, 0) is 9.53 Å². The van der Waals surface area contributed by atoms with Crippen LogP contribution < -0.4 is 10.6 Å². The van der Waals surface area contributed by atoms with Crippen molar-refractivity contribution in [1.82, 2.24) is 10.6 Å². The number of rotatable bonds is 6. The van der Waals surface area contributed by atoms with Crippen molar-refractivity contribution in [3.05, 3.63) is 45.1 Å². The fraction of sp³-hybridized carbons (Fsp3) is 0.444. The normalized spacial score (nSPS) is 17.4. The molecule has 5 nitrogen and oxygen atoms in total. The lowest BCUT2D eigenvalue weighted by Crippen LogP contribution is -2.45. The molecule has 1 heterocycles. The Morgan fingerprint density at radius 2 is 1.92 bits per heavy atom. The van der Waals surface area contributed by atoms with Gasteiger partial charge in [-0.25, -0.2) is 9.59 Å². The van der Waals surface area contributed by atoms with Gasteiger partial charge in [0, 0.05) is 5.70 Å². The molecule has 136 valence electrons. The highest BCUT2D eigenvalue weighted by atomic mass is 35.5. The summed E-state index contributed by atoms with van der Waals surface area (Å²) in [5.41, 5.74) is 1.50. The van der Waals surface area contributed by atoms with E-state index in [9.17, 15) is 9.59 Å². The maximum atomic E-state index is 12.7. The summed E-state index contributed by atoms with van der Waals surface area (Å²) < 4.78 is 5.49. The number of carbonyl (C=O) groups is 2. The Kier molecular flexibility index (Phi) is 6.73. The number of nitrogens with one attached hydrogen (secondary N) is 2. The average Bonchev–Trinajstić information content (AvgIpc) is 2.57. The molecule has 25 heavy (non-hydrogen) atoms. The molecule has 0 saturated carbocycles.